The van der Waals surface area contributed by atoms with Gasteiger partial charge in [0.15, 0.2) is 0 Å². The van der Waals surface area contributed by atoms with E-state index in [1.165, 1.54) is 21.9 Å². The number of amides is 3. The summed E-state index contributed by atoms with van der Waals surface area (Å²) in [5, 5.41) is 22.9. The molecule has 2 aromatic carbocycles. The Hall–Kier alpha value is -4.38. The van der Waals surface area contributed by atoms with Gasteiger partial charge >= 0.3 is 5.97 Å². The average Bonchev–Trinajstić information content (AvgIpc) is 3.73. The quantitative estimate of drug-likeness (QED) is 0.264. The topological polar surface area (TPSA) is 169 Å². The van der Waals surface area contributed by atoms with E-state index in [1.807, 2.05) is 30.5 Å². The first-order valence-electron chi connectivity index (χ1n) is 14.0. The molecular weight excluding hydrogens is 526 g/mol. The summed E-state index contributed by atoms with van der Waals surface area (Å²) in [5.74, 6) is -2.21. The van der Waals surface area contributed by atoms with Crippen molar-refractivity contribution in [3.63, 3.8) is 0 Å². The number of aromatic nitrogens is 1. The molecule has 5 rings (SSSR count). The molecule has 4 unspecified atom stereocenters. The summed E-state index contributed by atoms with van der Waals surface area (Å²) in [6.45, 7) is 0.677. The molecule has 6 N–H and O–H groups in total. The van der Waals surface area contributed by atoms with Crippen LogP contribution in [0.15, 0.2) is 54.7 Å². The number of H-pyrrole nitrogens is 1. The molecule has 0 saturated carbocycles. The second-order valence-electron chi connectivity index (χ2n) is 10.8. The third kappa shape index (κ3) is 6.04. The van der Waals surface area contributed by atoms with Crippen LogP contribution in [0.25, 0.3) is 10.9 Å². The van der Waals surface area contributed by atoms with Gasteiger partial charge < -0.3 is 36.0 Å². The molecule has 2 aliphatic rings. The summed E-state index contributed by atoms with van der Waals surface area (Å²) < 4.78 is 0. The Morgan fingerprint density at radius 1 is 0.951 bits per heavy atom. The van der Waals surface area contributed by atoms with Crippen molar-refractivity contribution in [2.24, 2.45) is 5.73 Å². The zero-order valence-electron chi connectivity index (χ0n) is 22.7. The predicted molar refractivity (Wildman–Crippen MR) is 151 cm³/mol. The highest BCUT2D eigenvalue weighted by Crippen LogP contribution is 2.27. The van der Waals surface area contributed by atoms with Crippen LogP contribution in [-0.2, 0) is 32.0 Å². The lowest BCUT2D eigenvalue weighted by atomic mass is 10.0. The van der Waals surface area contributed by atoms with Gasteiger partial charge in [-0.1, -0.05) is 30.3 Å². The number of carboxylic acids is 1. The number of carbonyl (C=O) groups excluding carboxylic acids is 3. The van der Waals surface area contributed by atoms with Crippen LogP contribution in [0.3, 0.4) is 0 Å². The number of carbonyl (C=O) groups is 4. The monoisotopic (exact) mass is 561 g/mol. The van der Waals surface area contributed by atoms with Gasteiger partial charge in [-0.2, -0.15) is 0 Å². The first kappa shape index (κ1) is 28.2. The molecule has 11 heteroatoms. The van der Waals surface area contributed by atoms with E-state index < -0.39 is 42.0 Å². The smallest absolute Gasteiger partial charge is 0.326 e. The summed E-state index contributed by atoms with van der Waals surface area (Å²) in [4.78, 5) is 58.6. The molecule has 2 fully saturated rings. The summed E-state index contributed by atoms with van der Waals surface area (Å²) in [7, 11) is 0. The Bertz CT molecular complexity index is 1440. The number of hydrogen-bond acceptors (Lipinski definition) is 6. The number of nitrogens with zero attached hydrogens (tertiary/aromatic N) is 2. The highest BCUT2D eigenvalue weighted by Gasteiger charge is 2.43. The number of rotatable bonds is 9. The van der Waals surface area contributed by atoms with E-state index in [1.54, 1.807) is 12.1 Å². The fourth-order valence-corrected chi connectivity index (χ4v) is 5.94. The molecule has 216 valence electrons. The molecule has 0 bridgehead atoms. The number of phenolic OH excluding ortho intramolecular Hbond substituents is 1. The molecule has 3 aromatic rings. The number of aromatic amines is 1. The number of benzene rings is 2. The summed E-state index contributed by atoms with van der Waals surface area (Å²) >= 11 is 0. The van der Waals surface area contributed by atoms with Crippen molar-refractivity contribution in [2.75, 3.05) is 13.1 Å². The van der Waals surface area contributed by atoms with E-state index in [0.717, 1.165) is 22.0 Å². The number of fused-ring (bicyclic) bond motifs is 1. The third-order valence-corrected chi connectivity index (χ3v) is 8.08. The van der Waals surface area contributed by atoms with Crippen molar-refractivity contribution in [3.05, 3.63) is 65.9 Å². The van der Waals surface area contributed by atoms with E-state index in [-0.39, 0.29) is 24.5 Å². The number of phenols is 1. The summed E-state index contributed by atoms with van der Waals surface area (Å²) in [5.41, 5.74) is 8.72. The number of likely N-dealkylation sites (tertiary alicyclic amines) is 2. The number of nitrogens with two attached hydrogens (primary N) is 1. The molecule has 41 heavy (non-hydrogen) atoms. The van der Waals surface area contributed by atoms with E-state index in [0.29, 0.717) is 38.8 Å². The first-order chi connectivity index (χ1) is 19.7. The second-order valence-corrected chi connectivity index (χ2v) is 10.8. The van der Waals surface area contributed by atoms with Crippen LogP contribution in [-0.4, -0.2) is 85.9 Å². The fraction of sp³-hybridized carbons (Fsp3) is 0.400. The predicted octanol–water partition coefficient (Wildman–Crippen LogP) is 1.54. The first-order valence-corrected chi connectivity index (χ1v) is 14.0. The Kier molecular flexibility index (Phi) is 8.25. The maximum Gasteiger partial charge on any atom is 0.326 e. The van der Waals surface area contributed by atoms with Gasteiger partial charge in [-0.05, 0) is 61.4 Å². The van der Waals surface area contributed by atoms with Crippen LogP contribution in [0.1, 0.15) is 36.8 Å². The number of carboxylic acid groups (broad SMARTS) is 1. The van der Waals surface area contributed by atoms with E-state index in [2.05, 4.69) is 10.3 Å². The lowest BCUT2D eigenvalue weighted by molar-refractivity contribution is -0.152. The standard InChI is InChI=1S/C30H35N5O6/c31-22(15-18-9-11-20(36)12-10-18)27(37)33-24(16-19-17-32-23-6-2-1-5-21(19)23)28(38)34-13-3-7-25(34)29(39)35-14-4-8-26(35)30(40)41/h1-2,5-6,9-12,17,22,24-26,32,36H,3-4,7-8,13-16,31H2,(H,33,37)(H,40,41). The van der Waals surface area contributed by atoms with Gasteiger partial charge in [-0.25, -0.2) is 4.79 Å². The zero-order chi connectivity index (χ0) is 29.1. The van der Waals surface area contributed by atoms with Gasteiger partial charge in [0, 0.05) is 36.6 Å². The maximum atomic E-state index is 14.1. The van der Waals surface area contributed by atoms with Gasteiger partial charge in [-0.15, -0.1) is 0 Å². The lowest BCUT2D eigenvalue weighted by Gasteiger charge is -2.32. The molecule has 3 heterocycles. The Morgan fingerprint density at radius 3 is 2.37 bits per heavy atom. The van der Waals surface area contributed by atoms with Gasteiger partial charge in [0.05, 0.1) is 6.04 Å². The summed E-state index contributed by atoms with van der Waals surface area (Å²) in [6.07, 6.45) is 4.21. The molecule has 2 saturated heterocycles. The minimum Gasteiger partial charge on any atom is -0.508 e. The number of nitrogens with one attached hydrogen (secondary N) is 2. The van der Waals surface area contributed by atoms with Crippen LogP contribution in [0.5, 0.6) is 5.75 Å². The summed E-state index contributed by atoms with van der Waals surface area (Å²) in [6, 6.07) is 10.4. The Morgan fingerprint density at radius 2 is 1.63 bits per heavy atom. The fourth-order valence-electron chi connectivity index (χ4n) is 5.94. The van der Waals surface area contributed by atoms with Crippen LogP contribution < -0.4 is 11.1 Å². The highest BCUT2D eigenvalue weighted by molar-refractivity contribution is 5.95. The van der Waals surface area contributed by atoms with Crippen molar-refractivity contribution in [2.45, 2.75) is 62.7 Å². The zero-order valence-corrected chi connectivity index (χ0v) is 22.7. The Labute approximate surface area is 237 Å². The largest absolute Gasteiger partial charge is 0.508 e. The van der Waals surface area contributed by atoms with Crippen LogP contribution in [0.4, 0.5) is 0 Å². The molecule has 4 atom stereocenters. The average molecular weight is 562 g/mol. The van der Waals surface area contributed by atoms with E-state index in [4.69, 9.17) is 5.73 Å². The van der Waals surface area contributed by atoms with E-state index >= 15 is 0 Å². The van der Waals surface area contributed by atoms with Crippen molar-refractivity contribution in [1.82, 2.24) is 20.1 Å². The highest BCUT2D eigenvalue weighted by atomic mass is 16.4. The van der Waals surface area contributed by atoms with Gasteiger partial charge in [0.1, 0.15) is 23.9 Å². The molecule has 0 radical (unpaired) electrons. The molecule has 2 aliphatic heterocycles. The lowest BCUT2D eigenvalue weighted by Crippen LogP contribution is -2.57. The SMILES string of the molecule is NC(Cc1ccc(O)cc1)C(=O)NC(Cc1c[nH]c2ccccc12)C(=O)N1CCCC1C(=O)N1CCCC1C(=O)O. The Balaban J connectivity index is 1.37. The minimum absolute atomic E-state index is 0.106. The molecule has 11 nitrogen and oxygen atoms in total. The van der Waals surface area contributed by atoms with Crippen LogP contribution >= 0.6 is 0 Å². The van der Waals surface area contributed by atoms with Crippen molar-refractivity contribution in [1.29, 1.82) is 0 Å². The number of aliphatic carboxylic acids is 1. The number of hydrogen-bond donors (Lipinski definition) is 5. The van der Waals surface area contributed by atoms with Crippen LogP contribution in [0, 0.1) is 0 Å². The third-order valence-electron chi connectivity index (χ3n) is 8.08. The number of para-hydroxylation sites is 1. The molecule has 1 aromatic heterocycles. The van der Waals surface area contributed by atoms with Gasteiger partial charge in [0.2, 0.25) is 17.7 Å². The van der Waals surface area contributed by atoms with Crippen molar-refractivity contribution < 1.29 is 29.4 Å². The second kappa shape index (κ2) is 12.0. The van der Waals surface area contributed by atoms with Crippen molar-refractivity contribution >= 4 is 34.6 Å². The number of aromatic hydroxyl groups is 1. The minimum atomic E-state index is -1.04. The van der Waals surface area contributed by atoms with E-state index in [9.17, 15) is 29.4 Å². The van der Waals surface area contributed by atoms with Gasteiger partial charge in [0.25, 0.3) is 0 Å². The molecular formula is C30H35N5O6. The van der Waals surface area contributed by atoms with Gasteiger partial charge in [-0.3, -0.25) is 14.4 Å². The normalized spacial score (nSPS) is 20.2. The maximum absolute atomic E-state index is 14.1. The molecule has 0 spiro atoms. The van der Waals surface area contributed by atoms with Crippen molar-refractivity contribution in [3.8, 4) is 5.75 Å². The molecule has 0 aliphatic carbocycles. The van der Waals surface area contributed by atoms with Crippen LogP contribution in [0.2, 0.25) is 0 Å². The molecule has 3 amide bonds.